The first-order valence-corrected chi connectivity index (χ1v) is 9.05. The Morgan fingerprint density at radius 1 is 1.26 bits per heavy atom. The number of nitrogens with zero attached hydrogens (tertiary/aromatic N) is 2. The molecular weight excluding hydrogens is 344 g/mol. The van der Waals surface area contributed by atoms with Gasteiger partial charge in [0.25, 0.3) is 5.56 Å². The Labute approximate surface area is 158 Å². The number of carbonyl (C=O) groups excluding carboxylic acids is 1. The molecule has 1 aromatic carbocycles. The number of benzene rings is 1. The summed E-state index contributed by atoms with van der Waals surface area (Å²) in [5.41, 5.74) is 0.604. The predicted octanol–water partition coefficient (Wildman–Crippen LogP) is 3.36. The van der Waals surface area contributed by atoms with Gasteiger partial charge in [-0.3, -0.25) is 14.2 Å². The van der Waals surface area contributed by atoms with Gasteiger partial charge in [0.2, 0.25) is 11.7 Å². The van der Waals surface area contributed by atoms with Gasteiger partial charge >= 0.3 is 0 Å². The molecule has 142 valence electrons. The molecule has 2 rings (SSSR count). The Kier molecular flexibility index (Phi) is 6.78. The molecule has 2 aromatic rings. The van der Waals surface area contributed by atoms with Crippen molar-refractivity contribution in [3.8, 4) is 17.7 Å². The number of aromatic nitrogens is 1. The Morgan fingerprint density at radius 2 is 1.93 bits per heavy atom. The third kappa shape index (κ3) is 4.37. The van der Waals surface area contributed by atoms with Crippen LogP contribution in [-0.2, 0) is 13.0 Å². The predicted molar refractivity (Wildman–Crippen MR) is 102 cm³/mol. The lowest BCUT2D eigenvalue weighted by molar-refractivity contribution is 0.0916. The van der Waals surface area contributed by atoms with Crippen molar-refractivity contribution in [2.24, 2.45) is 0 Å². The van der Waals surface area contributed by atoms with Gasteiger partial charge in [0, 0.05) is 6.54 Å². The fourth-order valence-corrected chi connectivity index (χ4v) is 2.85. The quantitative estimate of drug-likeness (QED) is 0.721. The first-order valence-electron chi connectivity index (χ1n) is 9.05. The monoisotopic (exact) mass is 368 g/mol. The molecule has 1 N–H and O–H groups in total. The zero-order chi connectivity index (χ0) is 20.0. The number of hydrogen-bond donors (Lipinski definition) is 1. The molecule has 27 heavy (non-hydrogen) atoms. The van der Waals surface area contributed by atoms with E-state index in [2.05, 4.69) is 0 Å². The fourth-order valence-electron chi connectivity index (χ4n) is 2.85. The summed E-state index contributed by atoms with van der Waals surface area (Å²) in [6.07, 6.45) is 2.36. The lowest BCUT2D eigenvalue weighted by Gasteiger charge is -2.15. The van der Waals surface area contributed by atoms with Gasteiger partial charge in [0.05, 0.1) is 5.56 Å². The minimum Gasteiger partial charge on any atom is -0.494 e. The summed E-state index contributed by atoms with van der Waals surface area (Å²) in [6.45, 7) is 5.44. The summed E-state index contributed by atoms with van der Waals surface area (Å²) in [4.78, 5) is 25.1. The molecule has 0 saturated carbocycles. The van der Waals surface area contributed by atoms with Gasteiger partial charge in [-0.15, -0.1) is 0 Å². The van der Waals surface area contributed by atoms with Crippen molar-refractivity contribution in [3.63, 3.8) is 0 Å². The van der Waals surface area contributed by atoms with Crippen LogP contribution in [0, 0.1) is 18.3 Å². The van der Waals surface area contributed by atoms with Gasteiger partial charge in [0.15, 0.2) is 6.61 Å². The van der Waals surface area contributed by atoms with Crippen LogP contribution < -0.4 is 10.3 Å². The number of Topliss-reactive ketones (excluding diaryl/α,β-unsaturated/α-hetero) is 1. The van der Waals surface area contributed by atoms with Gasteiger partial charge in [-0.25, -0.2) is 0 Å². The molecule has 0 radical (unpaired) electrons. The number of nitriles is 1. The second-order valence-corrected chi connectivity index (χ2v) is 6.33. The first-order chi connectivity index (χ1) is 12.9. The van der Waals surface area contributed by atoms with Crippen LogP contribution in [0.3, 0.4) is 0 Å². The number of unbranched alkanes of at least 4 members (excludes halogenated alkanes) is 1. The highest BCUT2D eigenvalue weighted by Gasteiger charge is 2.24. The van der Waals surface area contributed by atoms with E-state index in [0.717, 1.165) is 23.0 Å². The highest BCUT2D eigenvalue weighted by Crippen LogP contribution is 2.23. The molecule has 0 unspecified atom stereocenters. The van der Waals surface area contributed by atoms with Crippen molar-refractivity contribution in [1.82, 2.24) is 4.57 Å². The van der Waals surface area contributed by atoms with Gasteiger partial charge < -0.3 is 9.84 Å². The molecule has 0 aliphatic heterocycles. The molecule has 0 atom stereocenters. The minimum atomic E-state index is -0.575. The molecule has 0 bridgehead atoms. The van der Waals surface area contributed by atoms with E-state index in [9.17, 15) is 20.0 Å². The van der Waals surface area contributed by atoms with E-state index in [1.165, 1.54) is 6.92 Å². The zero-order valence-electron chi connectivity index (χ0n) is 15.9. The van der Waals surface area contributed by atoms with E-state index >= 15 is 0 Å². The van der Waals surface area contributed by atoms with E-state index in [0.29, 0.717) is 12.2 Å². The van der Waals surface area contributed by atoms with Crippen molar-refractivity contribution in [2.45, 2.75) is 46.6 Å². The maximum absolute atomic E-state index is 12.7. The molecule has 0 spiro atoms. The largest absolute Gasteiger partial charge is 0.494 e. The third-order valence-corrected chi connectivity index (χ3v) is 4.52. The number of ether oxygens (including phenoxy) is 1. The van der Waals surface area contributed by atoms with Crippen LogP contribution in [0.5, 0.6) is 11.6 Å². The van der Waals surface area contributed by atoms with Crippen LogP contribution in [-0.4, -0.2) is 22.1 Å². The number of rotatable bonds is 8. The van der Waals surface area contributed by atoms with Crippen LogP contribution >= 0.6 is 0 Å². The van der Waals surface area contributed by atoms with Crippen molar-refractivity contribution in [2.75, 3.05) is 6.61 Å². The van der Waals surface area contributed by atoms with E-state index in [1.54, 1.807) is 12.1 Å². The first kappa shape index (κ1) is 20.2. The lowest BCUT2D eigenvalue weighted by atomic mass is 10.0. The average Bonchev–Trinajstić information content (AvgIpc) is 2.67. The molecular formula is C21H24N2O4. The lowest BCUT2D eigenvalue weighted by Crippen LogP contribution is -2.27. The Bertz CT molecular complexity index is 921. The van der Waals surface area contributed by atoms with Gasteiger partial charge in [0.1, 0.15) is 17.4 Å². The van der Waals surface area contributed by atoms with Crippen LogP contribution in [0.15, 0.2) is 29.1 Å². The van der Waals surface area contributed by atoms with E-state index < -0.39 is 17.2 Å². The highest BCUT2D eigenvalue weighted by molar-refractivity contribution is 6.01. The van der Waals surface area contributed by atoms with Crippen LogP contribution in [0.2, 0.25) is 0 Å². The average molecular weight is 368 g/mol. The fraction of sp³-hybridized carbons (Fsp3) is 0.381. The van der Waals surface area contributed by atoms with Crippen molar-refractivity contribution >= 4 is 5.78 Å². The number of aryl methyl sites for hydroxylation is 1. The molecule has 0 amide bonds. The topological polar surface area (TPSA) is 92.3 Å². The van der Waals surface area contributed by atoms with Crippen LogP contribution in [0.4, 0.5) is 0 Å². The Morgan fingerprint density at radius 3 is 2.48 bits per heavy atom. The normalized spacial score (nSPS) is 10.4. The van der Waals surface area contributed by atoms with Crippen LogP contribution in [0.25, 0.3) is 0 Å². The third-order valence-electron chi connectivity index (χ3n) is 4.52. The number of hydrogen-bond acceptors (Lipinski definition) is 5. The Hall–Kier alpha value is -3.07. The molecule has 0 aliphatic carbocycles. The summed E-state index contributed by atoms with van der Waals surface area (Å²) < 4.78 is 6.62. The van der Waals surface area contributed by atoms with Crippen molar-refractivity contribution in [3.05, 3.63) is 56.9 Å². The summed E-state index contributed by atoms with van der Waals surface area (Å²) >= 11 is 0. The molecule has 1 aromatic heterocycles. The van der Waals surface area contributed by atoms with Crippen LogP contribution in [0.1, 0.15) is 53.7 Å². The maximum atomic E-state index is 12.7. The van der Waals surface area contributed by atoms with E-state index in [4.69, 9.17) is 4.74 Å². The van der Waals surface area contributed by atoms with Gasteiger partial charge in [-0.1, -0.05) is 32.4 Å². The summed E-state index contributed by atoms with van der Waals surface area (Å²) in [6, 6.07) is 9.25. The molecule has 0 aliphatic rings. The number of aromatic hydroxyl groups is 1. The molecule has 1 heterocycles. The van der Waals surface area contributed by atoms with Gasteiger partial charge in [-0.05, 0) is 43.0 Å². The van der Waals surface area contributed by atoms with Crippen molar-refractivity contribution in [1.29, 1.82) is 5.26 Å². The SMILES string of the molecule is CCCCn1c(O)c(C(=O)COc2ccc(CC)cc2)c(C)c(C#N)c1=O. The summed E-state index contributed by atoms with van der Waals surface area (Å²) in [5.74, 6) is -0.344. The number of ketones is 1. The second-order valence-electron chi connectivity index (χ2n) is 6.33. The smallest absolute Gasteiger partial charge is 0.271 e. The molecule has 6 heteroatoms. The number of carbonyl (C=O) groups is 1. The number of pyridine rings is 1. The van der Waals surface area contributed by atoms with E-state index in [1.807, 2.05) is 32.0 Å². The Balaban J connectivity index is 2.33. The summed E-state index contributed by atoms with van der Waals surface area (Å²) in [5, 5.41) is 19.8. The standard InChI is InChI=1S/C21H24N2O4/c1-4-6-11-23-20(25)17(12-22)14(3)19(21(23)26)18(24)13-27-16-9-7-15(5-2)8-10-16/h7-10,26H,4-6,11,13H2,1-3H3. The maximum Gasteiger partial charge on any atom is 0.271 e. The van der Waals surface area contributed by atoms with Crippen molar-refractivity contribution < 1.29 is 14.6 Å². The zero-order valence-corrected chi connectivity index (χ0v) is 15.9. The molecule has 6 nitrogen and oxygen atoms in total. The molecule has 0 fully saturated rings. The van der Waals surface area contributed by atoms with Gasteiger partial charge in [-0.2, -0.15) is 5.26 Å². The highest BCUT2D eigenvalue weighted by atomic mass is 16.5. The molecule has 0 saturated heterocycles. The van der Waals surface area contributed by atoms with E-state index in [-0.39, 0.29) is 29.8 Å². The summed E-state index contributed by atoms with van der Waals surface area (Å²) in [7, 11) is 0. The minimum absolute atomic E-state index is 0.0348. The second kappa shape index (κ2) is 9.04.